The zero-order chi connectivity index (χ0) is 13.0. The predicted molar refractivity (Wildman–Crippen MR) is 70.8 cm³/mol. The number of nitrogens with zero attached hydrogens (tertiary/aromatic N) is 4. The highest BCUT2D eigenvalue weighted by Crippen LogP contribution is 2.26. The van der Waals surface area contributed by atoms with Crippen LogP contribution >= 0.6 is 23.2 Å². The Morgan fingerprint density at radius 1 is 1.22 bits per heavy atom. The van der Waals surface area contributed by atoms with Crippen molar-refractivity contribution in [1.29, 1.82) is 0 Å². The minimum atomic E-state index is 0.510. The average Bonchev–Trinajstić information content (AvgIpc) is 2.79. The minimum absolute atomic E-state index is 0.510. The number of aryl methyl sites for hydroxylation is 1. The minimum Gasteiger partial charge on any atom is -0.330 e. The van der Waals surface area contributed by atoms with Gasteiger partial charge in [0, 0.05) is 23.0 Å². The van der Waals surface area contributed by atoms with Crippen LogP contribution in [-0.4, -0.2) is 26.8 Å². The molecular weight excluding hydrogens is 273 g/mol. The summed E-state index contributed by atoms with van der Waals surface area (Å²) in [6, 6.07) is 5.42. The molecule has 18 heavy (non-hydrogen) atoms. The molecule has 0 atom stereocenters. The monoisotopic (exact) mass is 285 g/mol. The van der Waals surface area contributed by atoms with Gasteiger partial charge in [0.25, 0.3) is 0 Å². The van der Waals surface area contributed by atoms with Gasteiger partial charge in [-0.1, -0.05) is 29.3 Å². The van der Waals surface area contributed by atoms with Crippen LogP contribution in [0.1, 0.15) is 17.8 Å². The molecular formula is C11H13Cl2N5. The van der Waals surface area contributed by atoms with Gasteiger partial charge in [-0.05, 0) is 41.1 Å². The summed E-state index contributed by atoms with van der Waals surface area (Å²) in [6.07, 6.45) is 1.34. The van der Waals surface area contributed by atoms with E-state index >= 15 is 0 Å². The summed E-state index contributed by atoms with van der Waals surface area (Å²) < 4.78 is 1.73. The molecule has 0 saturated heterocycles. The SMILES string of the molecule is NCCCn1nnnc1Cc1c(Cl)cccc1Cl. The third kappa shape index (κ3) is 2.98. The average molecular weight is 286 g/mol. The lowest BCUT2D eigenvalue weighted by Crippen LogP contribution is -2.11. The number of benzene rings is 1. The molecule has 5 nitrogen and oxygen atoms in total. The molecule has 1 aromatic heterocycles. The van der Waals surface area contributed by atoms with E-state index in [0.29, 0.717) is 29.6 Å². The Balaban J connectivity index is 2.21. The van der Waals surface area contributed by atoms with E-state index in [9.17, 15) is 0 Å². The van der Waals surface area contributed by atoms with E-state index in [0.717, 1.165) is 17.8 Å². The quantitative estimate of drug-likeness (QED) is 0.911. The van der Waals surface area contributed by atoms with Gasteiger partial charge in [0.1, 0.15) is 0 Å². The molecule has 0 amide bonds. The summed E-state index contributed by atoms with van der Waals surface area (Å²) in [6.45, 7) is 1.30. The molecule has 1 aromatic carbocycles. The largest absolute Gasteiger partial charge is 0.330 e. The summed E-state index contributed by atoms with van der Waals surface area (Å²) in [4.78, 5) is 0. The molecule has 0 fully saturated rings. The van der Waals surface area contributed by atoms with Crippen molar-refractivity contribution in [3.8, 4) is 0 Å². The van der Waals surface area contributed by atoms with Crippen molar-refractivity contribution in [2.24, 2.45) is 5.73 Å². The van der Waals surface area contributed by atoms with Gasteiger partial charge in [0.05, 0.1) is 0 Å². The molecule has 2 rings (SSSR count). The van der Waals surface area contributed by atoms with Crippen LogP contribution in [-0.2, 0) is 13.0 Å². The summed E-state index contributed by atoms with van der Waals surface area (Å²) in [5.41, 5.74) is 6.31. The highest BCUT2D eigenvalue weighted by Gasteiger charge is 2.11. The maximum atomic E-state index is 6.12. The number of aromatic nitrogens is 4. The molecule has 2 aromatic rings. The van der Waals surface area contributed by atoms with Gasteiger partial charge >= 0.3 is 0 Å². The molecule has 96 valence electrons. The van der Waals surface area contributed by atoms with E-state index < -0.39 is 0 Å². The summed E-state index contributed by atoms with van der Waals surface area (Å²) in [5.74, 6) is 0.735. The van der Waals surface area contributed by atoms with Crippen LogP contribution in [0.25, 0.3) is 0 Å². The molecule has 2 N–H and O–H groups in total. The first kappa shape index (κ1) is 13.3. The molecule has 0 bridgehead atoms. The van der Waals surface area contributed by atoms with Crippen LogP contribution in [0.5, 0.6) is 0 Å². The van der Waals surface area contributed by atoms with Gasteiger partial charge in [0.2, 0.25) is 0 Å². The highest BCUT2D eigenvalue weighted by molar-refractivity contribution is 6.36. The Bertz CT molecular complexity index is 506. The van der Waals surface area contributed by atoms with Crippen molar-refractivity contribution in [1.82, 2.24) is 20.2 Å². The van der Waals surface area contributed by atoms with Gasteiger partial charge in [-0.25, -0.2) is 4.68 Å². The molecule has 0 saturated carbocycles. The number of hydrogen-bond acceptors (Lipinski definition) is 4. The molecule has 7 heteroatoms. The molecule has 1 heterocycles. The number of halogens is 2. The summed E-state index contributed by atoms with van der Waals surface area (Å²) in [5, 5.41) is 12.8. The summed E-state index contributed by atoms with van der Waals surface area (Å²) in [7, 11) is 0. The van der Waals surface area contributed by atoms with E-state index in [1.165, 1.54) is 0 Å². The van der Waals surface area contributed by atoms with Crippen LogP contribution in [0.2, 0.25) is 10.0 Å². The lowest BCUT2D eigenvalue weighted by Gasteiger charge is -2.07. The Kier molecular flexibility index (Phi) is 4.52. The number of hydrogen-bond donors (Lipinski definition) is 1. The van der Waals surface area contributed by atoms with Crippen LogP contribution in [0.4, 0.5) is 0 Å². The van der Waals surface area contributed by atoms with Crippen LogP contribution in [0, 0.1) is 0 Å². The van der Waals surface area contributed by atoms with Crippen molar-refractivity contribution in [3.05, 3.63) is 39.6 Å². The van der Waals surface area contributed by atoms with E-state index in [1.807, 2.05) is 6.07 Å². The van der Waals surface area contributed by atoms with Gasteiger partial charge < -0.3 is 5.73 Å². The lowest BCUT2D eigenvalue weighted by atomic mass is 10.1. The van der Waals surface area contributed by atoms with Crippen molar-refractivity contribution >= 4 is 23.2 Å². The second kappa shape index (κ2) is 6.13. The Morgan fingerprint density at radius 2 is 1.94 bits per heavy atom. The lowest BCUT2D eigenvalue weighted by molar-refractivity contribution is 0.547. The first-order valence-corrected chi connectivity index (χ1v) is 6.36. The van der Waals surface area contributed by atoms with Gasteiger partial charge in [0.15, 0.2) is 5.82 Å². The molecule has 0 radical (unpaired) electrons. The smallest absolute Gasteiger partial charge is 0.155 e. The first-order chi connectivity index (χ1) is 8.72. The van der Waals surface area contributed by atoms with Crippen molar-refractivity contribution in [2.45, 2.75) is 19.4 Å². The first-order valence-electron chi connectivity index (χ1n) is 5.60. The molecule has 0 aliphatic carbocycles. The van der Waals surface area contributed by atoms with Crippen LogP contribution in [0.15, 0.2) is 18.2 Å². The van der Waals surface area contributed by atoms with E-state index in [2.05, 4.69) is 15.5 Å². The van der Waals surface area contributed by atoms with Crippen LogP contribution < -0.4 is 5.73 Å². The van der Waals surface area contributed by atoms with Gasteiger partial charge in [-0.3, -0.25) is 0 Å². The third-order valence-corrected chi connectivity index (χ3v) is 3.28. The zero-order valence-corrected chi connectivity index (χ0v) is 11.2. The Morgan fingerprint density at radius 3 is 2.61 bits per heavy atom. The number of rotatable bonds is 5. The standard InChI is InChI=1S/C11H13Cl2N5/c12-9-3-1-4-10(13)8(9)7-11-15-16-17-18(11)6-2-5-14/h1,3-4H,2,5-7,14H2. The molecule has 0 aliphatic rings. The van der Waals surface area contributed by atoms with Gasteiger partial charge in [-0.2, -0.15) is 0 Å². The second-order valence-electron chi connectivity index (χ2n) is 3.84. The Labute approximate surface area is 115 Å². The van der Waals surface area contributed by atoms with Crippen molar-refractivity contribution in [3.63, 3.8) is 0 Å². The fourth-order valence-corrected chi connectivity index (χ4v) is 2.16. The summed E-state index contributed by atoms with van der Waals surface area (Å²) >= 11 is 12.2. The van der Waals surface area contributed by atoms with Crippen molar-refractivity contribution in [2.75, 3.05) is 6.54 Å². The molecule has 0 unspecified atom stereocenters. The number of nitrogens with two attached hydrogens (primary N) is 1. The topological polar surface area (TPSA) is 69.6 Å². The van der Waals surface area contributed by atoms with E-state index in [-0.39, 0.29) is 0 Å². The molecule has 0 spiro atoms. The van der Waals surface area contributed by atoms with E-state index in [4.69, 9.17) is 28.9 Å². The predicted octanol–water partition coefficient (Wildman–Crippen LogP) is 1.92. The maximum Gasteiger partial charge on any atom is 0.155 e. The second-order valence-corrected chi connectivity index (χ2v) is 4.65. The zero-order valence-electron chi connectivity index (χ0n) is 9.68. The highest BCUT2D eigenvalue weighted by atomic mass is 35.5. The normalized spacial score (nSPS) is 10.8. The number of tetrazole rings is 1. The molecule has 0 aliphatic heterocycles. The van der Waals surface area contributed by atoms with Crippen LogP contribution in [0.3, 0.4) is 0 Å². The Hall–Kier alpha value is -1.17. The fraction of sp³-hybridized carbons (Fsp3) is 0.364. The fourth-order valence-electron chi connectivity index (χ4n) is 1.62. The van der Waals surface area contributed by atoms with Gasteiger partial charge in [-0.15, -0.1) is 5.10 Å². The maximum absolute atomic E-state index is 6.12. The van der Waals surface area contributed by atoms with E-state index in [1.54, 1.807) is 16.8 Å². The van der Waals surface area contributed by atoms with Crippen molar-refractivity contribution < 1.29 is 0 Å². The third-order valence-electron chi connectivity index (χ3n) is 2.58.